The summed E-state index contributed by atoms with van der Waals surface area (Å²) in [6, 6.07) is 6.01. The van der Waals surface area contributed by atoms with E-state index in [0.717, 1.165) is 0 Å². The Labute approximate surface area is 103 Å². The summed E-state index contributed by atoms with van der Waals surface area (Å²) in [5.41, 5.74) is 5.68. The second-order valence-corrected chi connectivity index (χ2v) is 5.01. The van der Waals surface area contributed by atoms with E-state index in [-0.39, 0.29) is 11.4 Å². The Balaban J connectivity index is 2.81. The fraction of sp³-hybridized carbons (Fsp3) is 0.462. The van der Waals surface area contributed by atoms with Gasteiger partial charge in [0, 0.05) is 12.0 Å². The van der Waals surface area contributed by atoms with Gasteiger partial charge in [-0.15, -0.1) is 0 Å². The minimum atomic E-state index is -0.359. The quantitative estimate of drug-likeness (QED) is 0.424. The van der Waals surface area contributed by atoms with E-state index in [1.807, 2.05) is 0 Å². The number of carbonyl (C=O) groups excluding carboxylic acids is 1. The molecule has 4 heteroatoms. The Morgan fingerprint density at radius 3 is 2.47 bits per heavy atom. The van der Waals surface area contributed by atoms with Gasteiger partial charge in [-0.05, 0) is 30.5 Å². The van der Waals surface area contributed by atoms with Crippen LogP contribution in [0.15, 0.2) is 18.2 Å². The molecule has 0 spiro atoms. The van der Waals surface area contributed by atoms with Crippen molar-refractivity contribution >= 4 is 6.03 Å². The molecule has 0 atom stereocenters. The first kappa shape index (κ1) is 13.5. The van der Waals surface area contributed by atoms with Crippen molar-refractivity contribution in [1.29, 1.82) is 0 Å². The molecule has 1 rings (SSSR count). The minimum Gasteiger partial charge on any atom is -0.336 e. The first-order valence-electron chi connectivity index (χ1n) is 5.69. The highest BCUT2D eigenvalue weighted by atomic mass is 16.2. The minimum absolute atomic E-state index is 0.120. The third-order valence-corrected chi connectivity index (χ3v) is 3.11. The van der Waals surface area contributed by atoms with E-state index in [9.17, 15) is 4.79 Å². The number of nitrogens with two attached hydrogens (primary N) is 1. The number of carbonyl (C=O) groups is 1. The lowest BCUT2D eigenvalue weighted by atomic mass is 9.83. The standard InChI is InChI=1S/C13H21N3O/c1-9-5-6-11(7-10(9)2)13(3,4)8-15-12(17)16-14/h5-7H,8,14H2,1-4H3,(H2,15,16,17). The van der Waals surface area contributed by atoms with Crippen LogP contribution in [-0.4, -0.2) is 12.6 Å². The molecule has 0 heterocycles. The van der Waals surface area contributed by atoms with Crippen molar-refractivity contribution in [2.24, 2.45) is 5.84 Å². The first-order valence-corrected chi connectivity index (χ1v) is 5.69. The van der Waals surface area contributed by atoms with Crippen molar-refractivity contribution in [3.05, 3.63) is 34.9 Å². The lowest BCUT2D eigenvalue weighted by Crippen LogP contribution is -2.44. The molecule has 0 saturated heterocycles. The number of hydrazine groups is 1. The maximum atomic E-state index is 11.1. The summed E-state index contributed by atoms with van der Waals surface area (Å²) >= 11 is 0. The molecule has 0 radical (unpaired) electrons. The molecule has 0 unspecified atom stereocenters. The van der Waals surface area contributed by atoms with Gasteiger partial charge in [0.15, 0.2) is 0 Å². The van der Waals surface area contributed by atoms with E-state index in [1.54, 1.807) is 0 Å². The molecular weight excluding hydrogens is 214 g/mol. The summed E-state index contributed by atoms with van der Waals surface area (Å²) in [6.45, 7) is 8.90. The molecule has 94 valence electrons. The number of benzene rings is 1. The number of urea groups is 1. The van der Waals surface area contributed by atoms with Gasteiger partial charge in [0.25, 0.3) is 0 Å². The largest absolute Gasteiger partial charge is 0.336 e. The highest BCUT2D eigenvalue weighted by Gasteiger charge is 2.21. The predicted molar refractivity (Wildman–Crippen MR) is 69.7 cm³/mol. The number of aryl methyl sites for hydroxylation is 2. The van der Waals surface area contributed by atoms with Crippen molar-refractivity contribution < 1.29 is 4.79 Å². The molecule has 0 saturated carbocycles. The molecule has 0 fully saturated rings. The van der Waals surface area contributed by atoms with Gasteiger partial charge in [0.2, 0.25) is 0 Å². The molecule has 0 bridgehead atoms. The second-order valence-electron chi connectivity index (χ2n) is 5.01. The fourth-order valence-electron chi connectivity index (χ4n) is 1.62. The van der Waals surface area contributed by atoms with E-state index < -0.39 is 0 Å². The smallest absolute Gasteiger partial charge is 0.328 e. The fourth-order valence-corrected chi connectivity index (χ4v) is 1.62. The second kappa shape index (κ2) is 5.19. The molecule has 1 aromatic rings. The monoisotopic (exact) mass is 235 g/mol. The SMILES string of the molecule is Cc1ccc(C(C)(C)CNC(=O)NN)cc1C. The van der Waals surface area contributed by atoms with Gasteiger partial charge in [-0.25, -0.2) is 10.6 Å². The molecule has 0 aliphatic carbocycles. The summed E-state index contributed by atoms with van der Waals surface area (Å²) in [5.74, 6) is 5.02. The number of rotatable bonds is 3. The summed E-state index contributed by atoms with van der Waals surface area (Å²) in [4.78, 5) is 11.1. The Morgan fingerprint density at radius 2 is 1.94 bits per heavy atom. The maximum Gasteiger partial charge on any atom is 0.328 e. The third kappa shape index (κ3) is 3.46. The van der Waals surface area contributed by atoms with Crippen LogP contribution in [0.1, 0.15) is 30.5 Å². The van der Waals surface area contributed by atoms with Crippen LogP contribution in [0.25, 0.3) is 0 Å². The van der Waals surface area contributed by atoms with E-state index in [4.69, 9.17) is 5.84 Å². The predicted octanol–water partition coefficient (Wildman–Crippen LogP) is 1.75. The first-order chi connectivity index (χ1) is 7.86. The summed E-state index contributed by atoms with van der Waals surface area (Å²) in [6.07, 6.45) is 0. The van der Waals surface area contributed by atoms with Crippen molar-refractivity contribution in [3.8, 4) is 0 Å². The highest BCUT2D eigenvalue weighted by Crippen LogP contribution is 2.24. The van der Waals surface area contributed by atoms with Crippen LogP contribution in [0.2, 0.25) is 0 Å². The van der Waals surface area contributed by atoms with Crippen molar-refractivity contribution in [2.75, 3.05) is 6.54 Å². The molecule has 0 aliphatic rings. The average Bonchev–Trinajstić information content (AvgIpc) is 2.29. The van der Waals surface area contributed by atoms with Crippen molar-refractivity contribution in [1.82, 2.24) is 10.7 Å². The molecule has 4 N–H and O–H groups in total. The maximum absolute atomic E-state index is 11.1. The van der Waals surface area contributed by atoms with Gasteiger partial charge in [-0.3, -0.25) is 5.43 Å². The Hall–Kier alpha value is -1.55. The van der Waals surface area contributed by atoms with Crippen LogP contribution in [0, 0.1) is 13.8 Å². The normalized spacial score (nSPS) is 11.1. The molecule has 1 aromatic carbocycles. The number of nitrogens with one attached hydrogen (secondary N) is 2. The van der Waals surface area contributed by atoms with Crippen LogP contribution in [0.3, 0.4) is 0 Å². The van der Waals surface area contributed by atoms with Crippen LogP contribution in [-0.2, 0) is 5.41 Å². The van der Waals surface area contributed by atoms with Crippen LogP contribution < -0.4 is 16.6 Å². The molecule has 2 amide bonds. The zero-order valence-corrected chi connectivity index (χ0v) is 10.9. The van der Waals surface area contributed by atoms with Crippen LogP contribution in [0.5, 0.6) is 0 Å². The topological polar surface area (TPSA) is 67.2 Å². The zero-order valence-electron chi connectivity index (χ0n) is 10.9. The Kier molecular flexibility index (Phi) is 4.12. The van der Waals surface area contributed by atoms with E-state index in [0.29, 0.717) is 6.54 Å². The van der Waals surface area contributed by atoms with Gasteiger partial charge in [0.05, 0.1) is 0 Å². The average molecular weight is 235 g/mol. The lowest BCUT2D eigenvalue weighted by Gasteiger charge is -2.26. The van der Waals surface area contributed by atoms with Crippen LogP contribution >= 0.6 is 0 Å². The van der Waals surface area contributed by atoms with Crippen molar-refractivity contribution in [2.45, 2.75) is 33.1 Å². The molecule has 4 nitrogen and oxygen atoms in total. The van der Waals surface area contributed by atoms with E-state index >= 15 is 0 Å². The summed E-state index contributed by atoms with van der Waals surface area (Å²) in [7, 11) is 0. The van der Waals surface area contributed by atoms with E-state index in [2.05, 4.69) is 56.6 Å². The lowest BCUT2D eigenvalue weighted by molar-refractivity contribution is 0.238. The molecule has 0 aromatic heterocycles. The Bertz CT molecular complexity index is 413. The number of hydrogen-bond acceptors (Lipinski definition) is 2. The molecular formula is C13H21N3O. The third-order valence-electron chi connectivity index (χ3n) is 3.11. The molecule has 0 aliphatic heterocycles. The zero-order chi connectivity index (χ0) is 13.1. The van der Waals surface area contributed by atoms with E-state index in [1.165, 1.54) is 16.7 Å². The summed E-state index contributed by atoms with van der Waals surface area (Å²) < 4.78 is 0. The van der Waals surface area contributed by atoms with Crippen molar-refractivity contribution in [3.63, 3.8) is 0 Å². The van der Waals surface area contributed by atoms with Gasteiger partial charge < -0.3 is 5.32 Å². The van der Waals surface area contributed by atoms with Gasteiger partial charge in [0.1, 0.15) is 0 Å². The molecule has 17 heavy (non-hydrogen) atoms. The highest BCUT2D eigenvalue weighted by molar-refractivity contribution is 5.73. The van der Waals surface area contributed by atoms with Gasteiger partial charge in [-0.1, -0.05) is 32.0 Å². The number of amides is 2. The summed E-state index contributed by atoms with van der Waals surface area (Å²) in [5, 5.41) is 2.73. The van der Waals surface area contributed by atoms with Gasteiger partial charge in [-0.2, -0.15) is 0 Å². The van der Waals surface area contributed by atoms with Gasteiger partial charge >= 0.3 is 6.03 Å². The van der Waals surface area contributed by atoms with Crippen LogP contribution in [0.4, 0.5) is 4.79 Å². The number of hydrogen-bond donors (Lipinski definition) is 3. The Morgan fingerprint density at radius 1 is 1.29 bits per heavy atom.